The molecule has 0 bridgehead atoms. The summed E-state index contributed by atoms with van der Waals surface area (Å²) in [6, 6.07) is 0. The van der Waals surface area contributed by atoms with Gasteiger partial charge in [-0.15, -0.1) is 0 Å². The Labute approximate surface area is 44.9 Å². The minimum absolute atomic E-state index is 0.00694. The first kappa shape index (κ1) is 6.98. The number of ether oxygens (including phenoxy) is 1. The Bertz CT molecular complexity index is 31.2. The van der Waals surface area contributed by atoms with Crippen LogP contribution in [-0.4, -0.2) is 32.8 Å². The molecule has 0 saturated carbocycles. The van der Waals surface area contributed by atoms with E-state index in [1.807, 2.05) is 0 Å². The number of hydrogen-bond donors (Lipinski definition) is 1. The molecular weight excluding hydrogens is 90.9 g/mol. The molecule has 7 heavy (non-hydrogen) atoms. The van der Waals surface area contributed by atoms with Crippen LogP contribution in [-0.2, 0) is 4.74 Å². The van der Waals surface area contributed by atoms with Crippen molar-refractivity contribution >= 4 is 7.85 Å². The summed E-state index contributed by atoms with van der Waals surface area (Å²) in [5.41, 5.74) is 0. The first-order valence-corrected chi connectivity index (χ1v) is 2.18. The van der Waals surface area contributed by atoms with E-state index in [0.717, 1.165) is 0 Å². The van der Waals surface area contributed by atoms with Crippen LogP contribution in [0.2, 0.25) is 6.32 Å². The molecule has 0 unspecified atom stereocenters. The number of hydrogen-bond acceptors (Lipinski definition) is 2. The first-order chi connectivity index (χ1) is 3.35. The predicted molar refractivity (Wildman–Crippen MR) is 28.4 cm³/mol. The molecule has 0 aromatic heterocycles. The van der Waals surface area contributed by atoms with E-state index in [4.69, 9.17) is 13.0 Å². The van der Waals surface area contributed by atoms with Gasteiger partial charge >= 0.3 is 0 Å². The van der Waals surface area contributed by atoms with Crippen LogP contribution in [0.25, 0.3) is 0 Å². The van der Waals surface area contributed by atoms with Gasteiger partial charge in [-0.25, -0.2) is 0 Å². The minimum atomic E-state index is -0.181. The Hall–Kier alpha value is -0.0151. The quantitative estimate of drug-likeness (QED) is 0.488. The van der Waals surface area contributed by atoms with Crippen LogP contribution in [0.5, 0.6) is 0 Å². The van der Waals surface area contributed by atoms with Gasteiger partial charge in [-0.3, -0.25) is 0 Å². The molecule has 0 heterocycles. The Morgan fingerprint density at radius 2 is 2.43 bits per heavy atom. The van der Waals surface area contributed by atoms with Crippen molar-refractivity contribution in [1.29, 1.82) is 0 Å². The van der Waals surface area contributed by atoms with Gasteiger partial charge in [-0.05, 0) is 0 Å². The molecule has 40 valence electrons. The molecule has 0 aliphatic carbocycles. The van der Waals surface area contributed by atoms with Crippen molar-refractivity contribution in [3.05, 3.63) is 0 Å². The minimum Gasteiger partial charge on any atom is -0.394 e. The third kappa shape index (κ3) is 2.65. The van der Waals surface area contributed by atoms with E-state index in [-0.39, 0.29) is 12.7 Å². The van der Waals surface area contributed by atoms with E-state index < -0.39 is 0 Å². The second kappa shape index (κ2) is 4.15. The fraction of sp³-hybridized carbons (Fsp3) is 1.00. The second-order valence-corrected chi connectivity index (χ2v) is 1.28. The van der Waals surface area contributed by atoms with Gasteiger partial charge in [0.15, 0.2) is 0 Å². The molecule has 3 heteroatoms. The smallest absolute Gasteiger partial charge is 0.0725 e. The normalized spacial score (nSPS) is 14.0. The molecule has 1 N–H and O–H groups in total. The molecule has 0 aromatic rings. The Morgan fingerprint density at radius 1 is 1.86 bits per heavy atom. The number of aliphatic hydroxyl groups excluding tert-OH is 1. The zero-order valence-electron chi connectivity index (χ0n) is 4.42. The fourth-order valence-corrected chi connectivity index (χ4v) is 0.245. The highest BCUT2D eigenvalue weighted by atomic mass is 16.5. The molecule has 0 amide bonds. The highest BCUT2D eigenvalue weighted by molar-refractivity contribution is 6.08. The van der Waals surface area contributed by atoms with Crippen LogP contribution in [0.3, 0.4) is 0 Å². The first-order valence-electron chi connectivity index (χ1n) is 2.18. The number of aliphatic hydroxyl groups is 1. The van der Waals surface area contributed by atoms with Crippen molar-refractivity contribution in [2.45, 2.75) is 12.4 Å². The van der Waals surface area contributed by atoms with Crippen LogP contribution < -0.4 is 0 Å². The lowest BCUT2D eigenvalue weighted by Crippen LogP contribution is -2.13. The van der Waals surface area contributed by atoms with E-state index in [1.165, 1.54) is 7.11 Å². The Balaban J connectivity index is 2.99. The molecule has 2 nitrogen and oxygen atoms in total. The van der Waals surface area contributed by atoms with Crippen LogP contribution in [0, 0.1) is 0 Å². The third-order valence-corrected chi connectivity index (χ3v) is 0.800. The summed E-state index contributed by atoms with van der Waals surface area (Å²) < 4.78 is 4.67. The van der Waals surface area contributed by atoms with E-state index in [1.54, 1.807) is 0 Å². The molecule has 2 radical (unpaired) electrons. The lowest BCUT2D eigenvalue weighted by molar-refractivity contribution is 0.0628. The molecule has 0 spiro atoms. The molecule has 0 aliphatic rings. The van der Waals surface area contributed by atoms with Crippen molar-refractivity contribution in [3.63, 3.8) is 0 Å². The second-order valence-electron chi connectivity index (χ2n) is 1.28. The van der Waals surface area contributed by atoms with Gasteiger partial charge < -0.3 is 9.84 Å². The summed E-state index contributed by atoms with van der Waals surface area (Å²) in [4.78, 5) is 0. The van der Waals surface area contributed by atoms with Crippen molar-refractivity contribution in [3.8, 4) is 0 Å². The monoisotopic (exact) mass is 100 g/mol. The SMILES string of the molecule is [B]C[C@@H](CO)OC. The maximum atomic E-state index is 8.32. The van der Waals surface area contributed by atoms with Gasteiger partial charge in [-0.1, -0.05) is 6.32 Å². The predicted octanol–water partition coefficient (Wildman–Crippen LogP) is -0.419. The van der Waals surface area contributed by atoms with E-state index in [0.29, 0.717) is 6.32 Å². The zero-order chi connectivity index (χ0) is 5.70. The number of methoxy groups -OCH3 is 1. The summed E-state index contributed by atoms with van der Waals surface area (Å²) >= 11 is 0. The summed E-state index contributed by atoms with van der Waals surface area (Å²) in [5, 5.41) is 8.32. The van der Waals surface area contributed by atoms with Crippen LogP contribution >= 0.6 is 0 Å². The Kier molecular flexibility index (Phi) is 4.14. The fourth-order valence-electron chi connectivity index (χ4n) is 0.245. The Morgan fingerprint density at radius 3 is 2.43 bits per heavy atom. The van der Waals surface area contributed by atoms with Gasteiger partial charge in [-0.2, -0.15) is 0 Å². The zero-order valence-corrected chi connectivity index (χ0v) is 4.42. The van der Waals surface area contributed by atoms with E-state index >= 15 is 0 Å². The maximum Gasteiger partial charge on any atom is 0.0725 e. The standard InChI is InChI=1S/C4H9BO2/c1-7-4(2-5)3-6/h4,6H,2-3H2,1H3/t4-/m0/s1. The van der Waals surface area contributed by atoms with Gasteiger partial charge in [0.2, 0.25) is 0 Å². The molecule has 1 atom stereocenters. The highest BCUT2D eigenvalue weighted by Crippen LogP contribution is 1.89. The lowest BCUT2D eigenvalue weighted by atomic mass is 10.0. The maximum absolute atomic E-state index is 8.32. The average Bonchev–Trinajstić information content (AvgIpc) is 1.72. The van der Waals surface area contributed by atoms with Crippen molar-refractivity contribution in [2.24, 2.45) is 0 Å². The van der Waals surface area contributed by atoms with Crippen LogP contribution in [0.15, 0.2) is 0 Å². The lowest BCUT2D eigenvalue weighted by Gasteiger charge is -2.06. The van der Waals surface area contributed by atoms with Crippen LogP contribution in [0.1, 0.15) is 0 Å². The summed E-state index contributed by atoms with van der Waals surface area (Å²) in [7, 11) is 6.63. The topological polar surface area (TPSA) is 29.5 Å². The number of rotatable bonds is 3. The summed E-state index contributed by atoms with van der Waals surface area (Å²) in [5.74, 6) is 0. The van der Waals surface area contributed by atoms with Crippen molar-refractivity contribution in [1.82, 2.24) is 0 Å². The van der Waals surface area contributed by atoms with Crippen molar-refractivity contribution < 1.29 is 9.84 Å². The molecule has 0 rings (SSSR count). The average molecular weight is 99.9 g/mol. The molecular formula is C4H9BO2. The third-order valence-electron chi connectivity index (χ3n) is 0.800. The van der Waals surface area contributed by atoms with E-state index in [9.17, 15) is 0 Å². The molecule has 0 saturated heterocycles. The molecule has 0 aromatic carbocycles. The van der Waals surface area contributed by atoms with Crippen molar-refractivity contribution in [2.75, 3.05) is 13.7 Å². The van der Waals surface area contributed by atoms with Gasteiger partial charge in [0.05, 0.1) is 20.6 Å². The van der Waals surface area contributed by atoms with E-state index in [2.05, 4.69) is 4.74 Å². The summed E-state index contributed by atoms with van der Waals surface area (Å²) in [6.07, 6.45) is 0.201. The largest absolute Gasteiger partial charge is 0.394 e. The summed E-state index contributed by atoms with van der Waals surface area (Å²) in [6.45, 7) is 0.00694. The molecule has 0 aliphatic heterocycles. The molecule has 0 fully saturated rings. The van der Waals surface area contributed by atoms with Gasteiger partial charge in [0, 0.05) is 7.11 Å². The highest BCUT2D eigenvalue weighted by Gasteiger charge is 1.97. The van der Waals surface area contributed by atoms with Gasteiger partial charge in [0.25, 0.3) is 0 Å². The van der Waals surface area contributed by atoms with Gasteiger partial charge in [0.1, 0.15) is 0 Å². The van der Waals surface area contributed by atoms with Crippen LogP contribution in [0.4, 0.5) is 0 Å².